The van der Waals surface area contributed by atoms with Crippen LogP contribution >= 0.6 is 0 Å². The van der Waals surface area contributed by atoms with Gasteiger partial charge in [-0.05, 0) is 6.07 Å². The predicted molar refractivity (Wildman–Crippen MR) is 54.9 cm³/mol. The van der Waals surface area contributed by atoms with Gasteiger partial charge in [0.2, 0.25) is 5.91 Å². The van der Waals surface area contributed by atoms with Gasteiger partial charge in [0, 0.05) is 12.7 Å². The number of nitrogens with zero attached hydrogens (tertiary/aromatic N) is 1. The number of rotatable bonds is 5. The smallest absolute Gasteiger partial charge is 0.337 e. The lowest BCUT2D eigenvalue weighted by atomic mass is 10.2. The van der Waals surface area contributed by atoms with E-state index in [1.807, 2.05) is 0 Å². The number of carbonyl (C=O) groups excluding carboxylic acids is 1. The van der Waals surface area contributed by atoms with Crippen molar-refractivity contribution in [2.24, 2.45) is 5.73 Å². The zero-order chi connectivity index (χ0) is 12.1. The minimum atomic E-state index is -1.37. The lowest BCUT2D eigenvalue weighted by molar-refractivity contribution is -0.125. The zero-order valence-corrected chi connectivity index (χ0v) is 8.25. The number of hydrogen-bond donors (Lipinski definition) is 4. The molecular weight excluding hydrogens is 214 g/mol. The van der Waals surface area contributed by atoms with E-state index >= 15 is 0 Å². The summed E-state index contributed by atoms with van der Waals surface area (Å²) in [6, 6.07) is 1.31. The standard InChI is InChI=1S/C9H11N3O4/c10-8(14)7(13)4-12-6-3-11-2-1-5(6)9(15)16/h1-3,7,12-13H,4H2,(H2,10,14)(H,15,16). The molecule has 16 heavy (non-hydrogen) atoms. The maximum Gasteiger partial charge on any atom is 0.337 e. The lowest BCUT2D eigenvalue weighted by Crippen LogP contribution is -2.34. The van der Waals surface area contributed by atoms with Gasteiger partial charge >= 0.3 is 5.97 Å². The molecule has 0 fully saturated rings. The van der Waals surface area contributed by atoms with Crippen LogP contribution in [0.25, 0.3) is 0 Å². The molecule has 0 aliphatic carbocycles. The summed E-state index contributed by atoms with van der Waals surface area (Å²) in [5, 5.41) is 20.5. The van der Waals surface area contributed by atoms with Crippen LogP contribution in [-0.2, 0) is 4.79 Å². The number of carboxylic acids is 1. The predicted octanol–water partition coefficient (Wildman–Crippen LogP) is -0.962. The monoisotopic (exact) mass is 225 g/mol. The Morgan fingerprint density at radius 2 is 2.25 bits per heavy atom. The third kappa shape index (κ3) is 2.92. The minimum absolute atomic E-state index is 0.00618. The first kappa shape index (κ1) is 11.9. The van der Waals surface area contributed by atoms with E-state index in [1.54, 1.807) is 0 Å². The molecule has 0 aliphatic heterocycles. The number of primary amides is 1. The molecule has 0 spiro atoms. The SMILES string of the molecule is NC(=O)C(O)CNc1cnccc1C(=O)O. The molecule has 0 saturated carbocycles. The van der Waals surface area contributed by atoms with Gasteiger partial charge < -0.3 is 21.3 Å². The number of carbonyl (C=O) groups is 2. The number of aliphatic hydroxyl groups is 1. The van der Waals surface area contributed by atoms with Crippen molar-refractivity contribution in [1.82, 2.24) is 4.98 Å². The molecule has 0 aliphatic rings. The van der Waals surface area contributed by atoms with E-state index in [-0.39, 0.29) is 17.8 Å². The number of nitrogens with one attached hydrogen (secondary N) is 1. The third-order valence-corrected chi connectivity index (χ3v) is 1.87. The van der Waals surface area contributed by atoms with E-state index in [1.165, 1.54) is 18.5 Å². The Bertz CT molecular complexity index is 407. The first-order valence-electron chi connectivity index (χ1n) is 4.41. The number of pyridine rings is 1. The molecule has 86 valence electrons. The maximum atomic E-state index is 10.8. The second kappa shape index (κ2) is 5.08. The van der Waals surface area contributed by atoms with Crippen LogP contribution < -0.4 is 11.1 Å². The maximum absolute atomic E-state index is 10.8. The zero-order valence-electron chi connectivity index (χ0n) is 8.25. The summed E-state index contributed by atoms with van der Waals surface area (Å²) in [5.41, 5.74) is 5.06. The van der Waals surface area contributed by atoms with Gasteiger partial charge in [0.25, 0.3) is 0 Å². The van der Waals surface area contributed by atoms with E-state index in [9.17, 15) is 9.59 Å². The molecule has 7 nitrogen and oxygen atoms in total. The fourth-order valence-electron chi connectivity index (χ4n) is 1.03. The Kier molecular flexibility index (Phi) is 3.78. The highest BCUT2D eigenvalue weighted by Crippen LogP contribution is 2.12. The van der Waals surface area contributed by atoms with Crippen molar-refractivity contribution in [2.45, 2.75) is 6.10 Å². The lowest BCUT2D eigenvalue weighted by Gasteiger charge is -2.10. The number of hydrogen-bond acceptors (Lipinski definition) is 5. The van der Waals surface area contributed by atoms with Crippen LogP contribution in [-0.4, -0.2) is 39.7 Å². The molecule has 0 aromatic carbocycles. The van der Waals surface area contributed by atoms with Gasteiger partial charge in [0.15, 0.2) is 0 Å². The highest BCUT2D eigenvalue weighted by molar-refractivity contribution is 5.93. The van der Waals surface area contributed by atoms with E-state index in [0.29, 0.717) is 0 Å². The van der Waals surface area contributed by atoms with Gasteiger partial charge in [-0.25, -0.2) is 4.79 Å². The van der Waals surface area contributed by atoms with Crippen LogP contribution in [0.15, 0.2) is 18.5 Å². The van der Waals surface area contributed by atoms with Crippen molar-refractivity contribution in [3.8, 4) is 0 Å². The molecule has 1 amide bonds. The van der Waals surface area contributed by atoms with Gasteiger partial charge in [-0.3, -0.25) is 9.78 Å². The van der Waals surface area contributed by atoms with Crippen LogP contribution in [0.1, 0.15) is 10.4 Å². The largest absolute Gasteiger partial charge is 0.478 e. The summed E-state index contributed by atoms with van der Waals surface area (Å²) in [6.07, 6.45) is 1.25. The van der Waals surface area contributed by atoms with Crippen LogP contribution in [0, 0.1) is 0 Å². The first-order valence-corrected chi connectivity index (χ1v) is 4.41. The summed E-state index contributed by atoms with van der Waals surface area (Å²) in [4.78, 5) is 25.0. The fourth-order valence-corrected chi connectivity index (χ4v) is 1.03. The molecule has 1 aromatic rings. The number of amides is 1. The third-order valence-electron chi connectivity index (χ3n) is 1.87. The van der Waals surface area contributed by atoms with Gasteiger partial charge in [0.05, 0.1) is 17.4 Å². The summed E-state index contributed by atoms with van der Waals surface area (Å²) >= 11 is 0. The fraction of sp³-hybridized carbons (Fsp3) is 0.222. The summed E-state index contributed by atoms with van der Waals surface area (Å²) < 4.78 is 0. The Morgan fingerprint density at radius 1 is 1.56 bits per heavy atom. The van der Waals surface area contributed by atoms with Crippen LogP contribution in [0.2, 0.25) is 0 Å². The van der Waals surface area contributed by atoms with Gasteiger partial charge in [-0.1, -0.05) is 0 Å². The number of aromatic nitrogens is 1. The van der Waals surface area contributed by atoms with Gasteiger partial charge in [0.1, 0.15) is 6.10 Å². The van der Waals surface area contributed by atoms with E-state index in [4.69, 9.17) is 15.9 Å². The van der Waals surface area contributed by atoms with Crippen molar-refractivity contribution in [3.05, 3.63) is 24.0 Å². The average molecular weight is 225 g/mol. The highest BCUT2D eigenvalue weighted by atomic mass is 16.4. The van der Waals surface area contributed by atoms with Crippen LogP contribution in [0.4, 0.5) is 5.69 Å². The van der Waals surface area contributed by atoms with Crippen LogP contribution in [0.3, 0.4) is 0 Å². The molecule has 7 heteroatoms. The number of nitrogens with two attached hydrogens (primary N) is 1. The number of aromatic carboxylic acids is 1. The van der Waals surface area contributed by atoms with Crippen molar-refractivity contribution >= 4 is 17.6 Å². The van der Waals surface area contributed by atoms with Crippen molar-refractivity contribution < 1.29 is 19.8 Å². The number of anilines is 1. The Morgan fingerprint density at radius 3 is 2.81 bits per heavy atom. The van der Waals surface area contributed by atoms with Crippen molar-refractivity contribution in [1.29, 1.82) is 0 Å². The highest BCUT2D eigenvalue weighted by Gasteiger charge is 2.13. The molecule has 1 aromatic heterocycles. The second-order valence-electron chi connectivity index (χ2n) is 3.03. The second-order valence-corrected chi connectivity index (χ2v) is 3.03. The molecule has 1 rings (SSSR count). The minimum Gasteiger partial charge on any atom is -0.478 e. The average Bonchev–Trinajstić information content (AvgIpc) is 2.25. The summed E-state index contributed by atoms with van der Waals surface area (Å²) in [6.45, 7) is -0.165. The Hall–Kier alpha value is -2.15. The quantitative estimate of drug-likeness (QED) is 0.511. The Balaban J connectivity index is 2.74. The molecule has 0 saturated heterocycles. The molecular formula is C9H11N3O4. The van der Waals surface area contributed by atoms with Crippen molar-refractivity contribution in [2.75, 3.05) is 11.9 Å². The number of aliphatic hydroxyl groups excluding tert-OH is 1. The topological polar surface area (TPSA) is 126 Å². The van der Waals surface area contributed by atoms with E-state index in [2.05, 4.69) is 10.3 Å². The molecule has 1 heterocycles. The molecule has 0 bridgehead atoms. The summed E-state index contributed by atoms with van der Waals surface area (Å²) in [7, 11) is 0. The molecule has 5 N–H and O–H groups in total. The van der Waals surface area contributed by atoms with Gasteiger partial charge in [-0.15, -0.1) is 0 Å². The Labute approximate surface area is 90.9 Å². The molecule has 1 unspecified atom stereocenters. The molecule has 0 radical (unpaired) electrons. The van der Waals surface area contributed by atoms with Crippen LogP contribution in [0.5, 0.6) is 0 Å². The van der Waals surface area contributed by atoms with Crippen molar-refractivity contribution in [3.63, 3.8) is 0 Å². The first-order chi connectivity index (χ1) is 7.52. The van der Waals surface area contributed by atoms with E-state index in [0.717, 1.165) is 0 Å². The number of carboxylic acid groups (broad SMARTS) is 1. The van der Waals surface area contributed by atoms with E-state index < -0.39 is 18.0 Å². The normalized spacial score (nSPS) is 11.8. The summed E-state index contributed by atoms with van der Waals surface area (Å²) in [5.74, 6) is -2.01. The molecule has 1 atom stereocenters. The van der Waals surface area contributed by atoms with Gasteiger partial charge in [-0.2, -0.15) is 0 Å².